The largest absolute Gasteiger partial charge is 0.361 e. The molecule has 14 heavy (non-hydrogen) atoms. The normalized spacial score (nSPS) is 26.7. The fraction of sp³-hybridized carbons (Fsp3) is 0.455. The molecule has 1 atom stereocenters. The highest BCUT2D eigenvalue weighted by atomic mass is 16.6. The average molecular weight is 193 g/mol. The lowest BCUT2D eigenvalue weighted by atomic mass is 9.99. The van der Waals surface area contributed by atoms with Crippen molar-refractivity contribution >= 4 is 0 Å². The van der Waals surface area contributed by atoms with Gasteiger partial charge in [0, 0.05) is 12.7 Å². The molecule has 2 N–H and O–H groups in total. The molecule has 2 rings (SSSR count). The molecule has 0 spiro atoms. The molecule has 1 aromatic carbocycles. The summed E-state index contributed by atoms with van der Waals surface area (Å²) in [4.78, 5) is 0. The van der Waals surface area contributed by atoms with Crippen molar-refractivity contribution in [3.05, 3.63) is 35.4 Å². The molecule has 1 aromatic rings. The molecule has 1 unspecified atom stereocenters. The molecule has 1 aliphatic rings. The van der Waals surface area contributed by atoms with Crippen molar-refractivity contribution < 1.29 is 9.84 Å². The average Bonchev–Trinajstić information content (AvgIpc) is 2.40. The number of rotatable bonds is 1. The minimum Gasteiger partial charge on any atom is -0.361 e. The molecule has 1 aliphatic heterocycles. The van der Waals surface area contributed by atoms with Crippen LogP contribution in [0.2, 0.25) is 0 Å². The van der Waals surface area contributed by atoms with Crippen LogP contribution in [0.1, 0.15) is 11.1 Å². The molecule has 0 radical (unpaired) electrons. The molecule has 0 bridgehead atoms. The Morgan fingerprint density at radius 1 is 1.43 bits per heavy atom. The Labute approximate surface area is 83.7 Å². The smallest absolute Gasteiger partial charge is 0.205 e. The SMILES string of the molecule is COC1(O)CNCCc2ccccc21. The van der Waals surface area contributed by atoms with Gasteiger partial charge in [-0.2, -0.15) is 0 Å². The van der Waals surface area contributed by atoms with Crippen molar-refractivity contribution in [1.29, 1.82) is 0 Å². The van der Waals surface area contributed by atoms with Gasteiger partial charge in [-0.1, -0.05) is 24.3 Å². The van der Waals surface area contributed by atoms with Gasteiger partial charge in [-0.05, 0) is 18.5 Å². The highest BCUT2D eigenvalue weighted by molar-refractivity contribution is 5.32. The number of hydrogen-bond donors (Lipinski definition) is 2. The second-order valence-electron chi connectivity index (χ2n) is 3.57. The first kappa shape index (κ1) is 9.65. The van der Waals surface area contributed by atoms with E-state index in [0.717, 1.165) is 24.1 Å². The van der Waals surface area contributed by atoms with Gasteiger partial charge in [0.05, 0.1) is 6.54 Å². The van der Waals surface area contributed by atoms with Gasteiger partial charge in [0.15, 0.2) is 0 Å². The molecular formula is C11H15NO2. The topological polar surface area (TPSA) is 41.5 Å². The number of aliphatic hydroxyl groups is 1. The second kappa shape index (κ2) is 3.69. The third kappa shape index (κ3) is 1.54. The van der Waals surface area contributed by atoms with Crippen LogP contribution in [0.5, 0.6) is 0 Å². The van der Waals surface area contributed by atoms with Crippen LogP contribution < -0.4 is 5.32 Å². The van der Waals surface area contributed by atoms with Gasteiger partial charge in [-0.25, -0.2) is 0 Å². The van der Waals surface area contributed by atoms with Gasteiger partial charge >= 0.3 is 0 Å². The van der Waals surface area contributed by atoms with Crippen molar-refractivity contribution in [2.24, 2.45) is 0 Å². The Balaban J connectivity index is 2.47. The van der Waals surface area contributed by atoms with Crippen LogP contribution in [0.15, 0.2) is 24.3 Å². The van der Waals surface area contributed by atoms with Gasteiger partial charge in [-0.3, -0.25) is 0 Å². The van der Waals surface area contributed by atoms with Gasteiger partial charge in [0.25, 0.3) is 0 Å². The van der Waals surface area contributed by atoms with E-state index in [1.54, 1.807) is 0 Å². The van der Waals surface area contributed by atoms with Crippen molar-refractivity contribution in [2.45, 2.75) is 12.2 Å². The summed E-state index contributed by atoms with van der Waals surface area (Å²) < 4.78 is 5.18. The minimum absolute atomic E-state index is 0.445. The number of β-amino-alcohol motifs (C(OH)–C–C–N with tert-alkyl or cyclic N) is 1. The third-order valence-electron chi connectivity index (χ3n) is 2.71. The fourth-order valence-electron chi connectivity index (χ4n) is 1.88. The molecule has 0 aliphatic carbocycles. The Morgan fingerprint density at radius 3 is 3.00 bits per heavy atom. The summed E-state index contributed by atoms with van der Waals surface area (Å²) >= 11 is 0. The Bertz CT molecular complexity index is 327. The monoisotopic (exact) mass is 193 g/mol. The van der Waals surface area contributed by atoms with E-state index in [1.165, 1.54) is 7.11 Å². The summed E-state index contributed by atoms with van der Waals surface area (Å²) in [6, 6.07) is 7.87. The van der Waals surface area contributed by atoms with E-state index in [0.29, 0.717) is 6.54 Å². The predicted molar refractivity (Wildman–Crippen MR) is 53.9 cm³/mol. The van der Waals surface area contributed by atoms with E-state index >= 15 is 0 Å². The number of nitrogens with one attached hydrogen (secondary N) is 1. The number of fused-ring (bicyclic) bond motifs is 1. The van der Waals surface area contributed by atoms with E-state index in [9.17, 15) is 5.11 Å². The maximum Gasteiger partial charge on any atom is 0.205 e. The molecule has 0 aromatic heterocycles. The number of ether oxygens (including phenoxy) is 1. The molecule has 0 fully saturated rings. The van der Waals surface area contributed by atoms with E-state index in [-0.39, 0.29) is 0 Å². The molecule has 76 valence electrons. The van der Waals surface area contributed by atoms with E-state index in [1.807, 2.05) is 24.3 Å². The molecule has 0 saturated carbocycles. The zero-order valence-electron chi connectivity index (χ0n) is 8.29. The molecule has 0 saturated heterocycles. The summed E-state index contributed by atoms with van der Waals surface area (Å²) in [5, 5.41) is 13.4. The molecule has 1 heterocycles. The molecule has 3 heteroatoms. The Morgan fingerprint density at radius 2 is 2.21 bits per heavy atom. The lowest BCUT2D eigenvalue weighted by molar-refractivity contribution is -0.189. The molecule has 3 nitrogen and oxygen atoms in total. The summed E-state index contributed by atoms with van der Waals surface area (Å²) in [5.41, 5.74) is 2.04. The van der Waals surface area contributed by atoms with E-state index < -0.39 is 5.79 Å². The predicted octanol–water partition coefficient (Wildman–Crippen LogP) is 0.624. The van der Waals surface area contributed by atoms with Crippen LogP contribution in [0.3, 0.4) is 0 Å². The van der Waals surface area contributed by atoms with Crippen molar-refractivity contribution in [3.8, 4) is 0 Å². The fourth-order valence-corrected chi connectivity index (χ4v) is 1.88. The van der Waals surface area contributed by atoms with Crippen LogP contribution >= 0.6 is 0 Å². The lowest BCUT2D eigenvalue weighted by Crippen LogP contribution is -2.38. The van der Waals surface area contributed by atoms with Crippen LogP contribution in [0, 0.1) is 0 Å². The van der Waals surface area contributed by atoms with Gasteiger partial charge in [0.1, 0.15) is 0 Å². The third-order valence-corrected chi connectivity index (χ3v) is 2.71. The zero-order chi connectivity index (χ0) is 10.0. The quantitative estimate of drug-likeness (QED) is 0.643. The first-order valence-corrected chi connectivity index (χ1v) is 4.83. The van der Waals surface area contributed by atoms with Crippen LogP contribution in [0.25, 0.3) is 0 Å². The van der Waals surface area contributed by atoms with E-state index in [4.69, 9.17) is 4.74 Å². The Kier molecular flexibility index (Phi) is 2.54. The van der Waals surface area contributed by atoms with Gasteiger partial charge in [0.2, 0.25) is 5.79 Å². The van der Waals surface area contributed by atoms with Crippen molar-refractivity contribution in [3.63, 3.8) is 0 Å². The summed E-state index contributed by atoms with van der Waals surface area (Å²) in [7, 11) is 1.53. The summed E-state index contributed by atoms with van der Waals surface area (Å²) in [5.74, 6) is -1.17. The number of methoxy groups -OCH3 is 1. The number of benzene rings is 1. The van der Waals surface area contributed by atoms with E-state index in [2.05, 4.69) is 5.32 Å². The highest BCUT2D eigenvalue weighted by Crippen LogP contribution is 2.26. The van der Waals surface area contributed by atoms with Crippen LogP contribution in [-0.4, -0.2) is 25.3 Å². The van der Waals surface area contributed by atoms with Crippen LogP contribution in [0.4, 0.5) is 0 Å². The minimum atomic E-state index is -1.17. The first-order valence-electron chi connectivity index (χ1n) is 4.83. The second-order valence-corrected chi connectivity index (χ2v) is 3.57. The summed E-state index contributed by atoms with van der Waals surface area (Å²) in [6.45, 7) is 1.32. The standard InChI is InChI=1S/C11H15NO2/c1-14-11(13)8-12-7-6-9-4-2-3-5-10(9)11/h2-5,12-13H,6-8H2,1H3. The molecular weight excluding hydrogens is 178 g/mol. The maximum atomic E-state index is 10.2. The van der Waals surface area contributed by atoms with Crippen LogP contribution in [-0.2, 0) is 16.9 Å². The summed E-state index contributed by atoms with van der Waals surface area (Å²) in [6.07, 6.45) is 0.932. The molecule has 0 amide bonds. The lowest BCUT2D eigenvalue weighted by Gasteiger charge is -2.26. The highest BCUT2D eigenvalue weighted by Gasteiger charge is 2.32. The van der Waals surface area contributed by atoms with Crippen molar-refractivity contribution in [2.75, 3.05) is 20.2 Å². The van der Waals surface area contributed by atoms with Gasteiger partial charge < -0.3 is 15.2 Å². The first-order chi connectivity index (χ1) is 6.76. The van der Waals surface area contributed by atoms with Crippen molar-refractivity contribution in [1.82, 2.24) is 5.32 Å². The zero-order valence-corrected chi connectivity index (χ0v) is 8.29. The Hall–Kier alpha value is -0.900. The maximum absolute atomic E-state index is 10.2. The number of hydrogen-bond acceptors (Lipinski definition) is 3. The van der Waals surface area contributed by atoms with Gasteiger partial charge in [-0.15, -0.1) is 0 Å².